The topological polar surface area (TPSA) is 78.9 Å². The Bertz CT molecular complexity index is 493. The molecule has 0 spiro atoms. The first-order valence-corrected chi connectivity index (χ1v) is 6.86. The molecule has 0 aliphatic heterocycles. The van der Waals surface area contributed by atoms with E-state index in [1.165, 1.54) is 5.56 Å². The Morgan fingerprint density at radius 2 is 1.81 bits per heavy atom. The fourth-order valence-corrected chi connectivity index (χ4v) is 1.87. The van der Waals surface area contributed by atoms with Crippen LogP contribution in [0.5, 0.6) is 0 Å². The molecular formula is C18H30N2O. The van der Waals surface area contributed by atoms with Crippen LogP contribution in [0.25, 0.3) is 0 Å². The Morgan fingerprint density at radius 1 is 1.19 bits per heavy atom. The molecule has 1 unspecified atom stereocenters. The summed E-state index contributed by atoms with van der Waals surface area (Å²) in [5, 5.41) is 0. The quantitative estimate of drug-likeness (QED) is 0.814. The molecule has 3 nitrogen and oxygen atoms in total. The number of nitrogens with zero attached hydrogens (tertiary/aromatic N) is 1. The summed E-state index contributed by atoms with van der Waals surface area (Å²) < 4.78 is 0. The first-order valence-electron chi connectivity index (χ1n) is 6.86. The summed E-state index contributed by atoms with van der Waals surface area (Å²) in [6.45, 7) is 10.8. The third-order valence-electron chi connectivity index (χ3n) is 2.82. The first kappa shape index (κ1) is 21.3. The van der Waals surface area contributed by atoms with Gasteiger partial charge in [0.15, 0.2) is 0 Å². The highest BCUT2D eigenvalue weighted by atomic mass is 16.0. The molecular weight excluding hydrogens is 260 g/mol. The van der Waals surface area contributed by atoms with Gasteiger partial charge in [-0.2, -0.15) is 0 Å². The molecule has 0 fully saturated rings. The van der Waals surface area contributed by atoms with E-state index in [9.17, 15) is 0 Å². The van der Waals surface area contributed by atoms with E-state index in [1.54, 1.807) is 0 Å². The van der Waals surface area contributed by atoms with Crippen molar-refractivity contribution in [1.82, 2.24) is 6.15 Å². The molecule has 21 heavy (non-hydrogen) atoms. The molecule has 0 heterocycles. The predicted molar refractivity (Wildman–Crippen MR) is 96.3 cm³/mol. The van der Waals surface area contributed by atoms with E-state index >= 15 is 0 Å². The van der Waals surface area contributed by atoms with Gasteiger partial charge in [0, 0.05) is 13.1 Å². The Kier molecular flexibility index (Phi) is 12.0. The van der Waals surface area contributed by atoms with Crippen LogP contribution in [0.15, 0.2) is 71.8 Å². The van der Waals surface area contributed by atoms with Crippen LogP contribution in [0.4, 0.5) is 0 Å². The standard InChI is InChI=1S/C16H17N.C2H6.H3N.H2O.H2/c1-13(2)15-10-6-7-11-16(15)17-12-14-8-4-3-5-9-14;1-2;;;/h3-11,15H,1,12H2,2H3;1-2H3;1H3;1H2;1H. The van der Waals surface area contributed by atoms with Crippen molar-refractivity contribution in [2.45, 2.75) is 27.3 Å². The molecule has 0 radical (unpaired) electrons. The van der Waals surface area contributed by atoms with Crippen molar-refractivity contribution in [2.75, 3.05) is 0 Å². The van der Waals surface area contributed by atoms with Crippen molar-refractivity contribution < 1.29 is 6.90 Å². The van der Waals surface area contributed by atoms with Crippen LogP contribution < -0.4 is 6.15 Å². The lowest BCUT2D eigenvalue weighted by Gasteiger charge is -2.15. The number of hydrogen-bond donors (Lipinski definition) is 1. The number of aliphatic imine (C=N–C) groups is 1. The van der Waals surface area contributed by atoms with E-state index in [2.05, 4.69) is 41.9 Å². The lowest BCUT2D eigenvalue weighted by atomic mass is 9.92. The van der Waals surface area contributed by atoms with E-state index in [1.807, 2.05) is 45.0 Å². The second-order valence-electron chi connectivity index (χ2n) is 4.29. The fraction of sp³-hybridized carbons (Fsp3) is 0.278. The molecule has 0 saturated carbocycles. The lowest BCUT2D eigenvalue weighted by molar-refractivity contribution is 0.824. The van der Waals surface area contributed by atoms with Crippen molar-refractivity contribution in [3.8, 4) is 0 Å². The van der Waals surface area contributed by atoms with Gasteiger partial charge in [0.2, 0.25) is 0 Å². The van der Waals surface area contributed by atoms with E-state index < -0.39 is 0 Å². The summed E-state index contributed by atoms with van der Waals surface area (Å²) in [4.78, 5) is 4.67. The van der Waals surface area contributed by atoms with Crippen molar-refractivity contribution in [1.29, 1.82) is 0 Å². The second-order valence-corrected chi connectivity index (χ2v) is 4.29. The molecule has 0 bridgehead atoms. The van der Waals surface area contributed by atoms with Crippen molar-refractivity contribution >= 4 is 5.71 Å². The lowest BCUT2D eigenvalue weighted by Crippen LogP contribution is -2.13. The van der Waals surface area contributed by atoms with Gasteiger partial charge in [-0.1, -0.05) is 74.6 Å². The van der Waals surface area contributed by atoms with Crippen LogP contribution in [-0.2, 0) is 6.54 Å². The normalized spacial score (nSPS) is 17.1. The Labute approximate surface area is 130 Å². The zero-order valence-electron chi connectivity index (χ0n) is 13.3. The first-order chi connectivity index (χ1) is 9.27. The van der Waals surface area contributed by atoms with Gasteiger partial charge in [0.1, 0.15) is 0 Å². The number of hydrogen-bond acceptors (Lipinski definition) is 2. The summed E-state index contributed by atoms with van der Waals surface area (Å²) in [6, 6.07) is 10.3. The molecule has 3 heteroatoms. The summed E-state index contributed by atoms with van der Waals surface area (Å²) in [5.41, 5.74) is 3.48. The van der Waals surface area contributed by atoms with Crippen LogP contribution in [0.1, 0.15) is 27.8 Å². The Balaban J connectivity index is -0.000000693. The molecule has 5 N–H and O–H groups in total. The van der Waals surface area contributed by atoms with Crippen molar-refractivity contribution in [3.05, 3.63) is 72.4 Å². The third kappa shape index (κ3) is 6.84. The van der Waals surface area contributed by atoms with E-state index in [0.29, 0.717) is 0 Å². The van der Waals surface area contributed by atoms with Crippen molar-refractivity contribution in [3.63, 3.8) is 0 Å². The average Bonchev–Trinajstić information content (AvgIpc) is 2.48. The molecule has 0 amide bonds. The molecule has 1 aliphatic rings. The van der Waals surface area contributed by atoms with Gasteiger partial charge in [-0.3, -0.25) is 4.99 Å². The number of allylic oxidation sites excluding steroid dienone is 5. The summed E-state index contributed by atoms with van der Waals surface area (Å²) >= 11 is 0. The molecule has 1 aromatic rings. The molecule has 1 aliphatic carbocycles. The van der Waals surface area contributed by atoms with Gasteiger partial charge in [-0.05, 0) is 18.6 Å². The zero-order valence-corrected chi connectivity index (χ0v) is 13.3. The predicted octanol–water partition coefficient (Wildman–Crippen LogP) is 4.56. The summed E-state index contributed by atoms with van der Waals surface area (Å²) in [7, 11) is 0. The molecule has 0 aromatic heterocycles. The minimum absolute atomic E-state index is 0. The SMILES string of the molecule is C=C(C)C1C=CC=CC1=NCc1ccccc1.CC.N.O.[HH]. The van der Waals surface area contributed by atoms with Gasteiger partial charge in [-0.25, -0.2) is 0 Å². The van der Waals surface area contributed by atoms with Crippen molar-refractivity contribution in [2.24, 2.45) is 10.9 Å². The van der Waals surface area contributed by atoms with Gasteiger partial charge in [0.05, 0.1) is 6.54 Å². The summed E-state index contributed by atoms with van der Waals surface area (Å²) in [6.07, 6.45) is 8.30. The smallest absolute Gasteiger partial charge is 0.0643 e. The van der Waals surface area contributed by atoms with Gasteiger partial charge in [0.25, 0.3) is 0 Å². The Hall–Kier alpha value is -1.97. The van der Waals surface area contributed by atoms with Crippen LogP contribution in [0.3, 0.4) is 0 Å². The molecule has 1 aromatic carbocycles. The van der Waals surface area contributed by atoms with Gasteiger partial charge < -0.3 is 11.6 Å². The summed E-state index contributed by atoms with van der Waals surface area (Å²) in [5.74, 6) is 0.267. The molecule has 118 valence electrons. The fourth-order valence-electron chi connectivity index (χ4n) is 1.87. The molecule has 1 atom stereocenters. The van der Waals surface area contributed by atoms with E-state index in [-0.39, 0.29) is 19.0 Å². The van der Waals surface area contributed by atoms with Crippen LogP contribution >= 0.6 is 0 Å². The second kappa shape index (κ2) is 11.8. The van der Waals surface area contributed by atoms with Gasteiger partial charge >= 0.3 is 0 Å². The minimum atomic E-state index is 0. The highest BCUT2D eigenvalue weighted by Gasteiger charge is 2.12. The highest BCUT2D eigenvalue weighted by molar-refractivity contribution is 6.01. The largest absolute Gasteiger partial charge is 0.412 e. The maximum atomic E-state index is 4.67. The maximum Gasteiger partial charge on any atom is 0.0643 e. The van der Waals surface area contributed by atoms with Gasteiger partial charge in [-0.15, -0.1) is 0 Å². The molecule has 2 rings (SSSR count). The number of benzene rings is 1. The zero-order chi connectivity index (χ0) is 14.1. The third-order valence-corrected chi connectivity index (χ3v) is 2.82. The number of rotatable bonds is 3. The highest BCUT2D eigenvalue weighted by Crippen LogP contribution is 2.18. The molecule has 0 saturated heterocycles. The average molecular weight is 290 g/mol. The van der Waals surface area contributed by atoms with E-state index in [0.717, 1.165) is 17.8 Å². The van der Waals surface area contributed by atoms with Crippen LogP contribution in [0, 0.1) is 5.92 Å². The van der Waals surface area contributed by atoms with Crippen LogP contribution in [-0.4, -0.2) is 11.2 Å². The van der Waals surface area contributed by atoms with E-state index in [4.69, 9.17) is 0 Å². The Morgan fingerprint density at radius 3 is 2.38 bits per heavy atom. The maximum absolute atomic E-state index is 4.67. The monoisotopic (exact) mass is 290 g/mol. The minimum Gasteiger partial charge on any atom is -0.412 e. The van der Waals surface area contributed by atoms with Crippen LogP contribution in [0.2, 0.25) is 0 Å².